The Morgan fingerprint density at radius 3 is 2.74 bits per heavy atom. The van der Waals surface area contributed by atoms with Crippen LogP contribution in [0.5, 0.6) is 0 Å². The fourth-order valence-electron chi connectivity index (χ4n) is 3.39. The van der Waals surface area contributed by atoms with E-state index < -0.39 is 0 Å². The van der Waals surface area contributed by atoms with Crippen LogP contribution in [-0.4, -0.2) is 40.9 Å². The van der Waals surface area contributed by atoms with Gasteiger partial charge in [-0.2, -0.15) is 5.10 Å². The van der Waals surface area contributed by atoms with Crippen LogP contribution in [0.25, 0.3) is 11.8 Å². The Morgan fingerprint density at radius 2 is 1.94 bits per heavy atom. The molecule has 1 unspecified atom stereocenters. The molecule has 158 valence electrons. The minimum absolute atomic E-state index is 0.0606. The number of benzene rings is 2. The molecule has 1 aromatic heterocycles. The van der Waals surface area contributed by atoms with Crippen molar-refractivity contribution in [2.75, 3.05) is 18.5 Å². The summed E-state index contributed by atoms with van der Waals surface area (Å²) in [6.07, 6.45) is 8.66. The van der Waals surface area contributed by atoms with Crippen molar-refractivity contribution >= 4 is 23.6 Å². The lowest BCUT2D eigenvalue weighted by molar-refractivity contribution is -0.111. The molecule has 0 saturated carbocycles. The fourth-order valence-corrected chi connectivity index (χ4v) is 3.39. The quantitative estimate of drug-likeness (QED) is 0.578. The van der Waals surface area contributed by atoms with Crippen LogP contribution in [0.4, 0.5) is 5.69 Å². The summed E-state index contributed by atoms with van der Waals surface area (Å²) in [4.78, 5) is 25.0. The molecule has 7 nitrogen and oxygen atoms in total. The van der Waals surface area contributed by atoms with E-state index in [9.17, 15) is 9.59 Å². The molecule has 1 aliphatic rings. The largest absolute Gasteiger partial charge is 0.376 e. The molecule has 2 aromatic carbocycles. The molecule has 1 saturated heterocycles. The molecule has 4 rings (SSSR count). The number of carbonyl (C=O) groups excluding carboxylic acids is 2. The van der Waals surface area contributed by atoms with E-state index in [0.29, 0.717) is 17.8 Å². The molecule has 0 bridgehead atoms. The maximum absolute atomic E-state index is 12.6. The second-order valence-electron chi connectivity index (χ2n) is 7.27. The summed E-state index contributed by atoms with van der Waals surface area (Å²) in [6.45, 7) is 1.20. The van der Waals surface area contributed by atoms with Gasteiger partial charge < -0.3 is 15.4 Å². The van der Waals surface area contributed by atoms with Gasteiger partial charge in [-0.15, -0.1) is 0 Å². The third-order valence-electron chi connectivity index (χ3n) is 4.99. The number of hydrogen-bond donors (Lipinski definition) is 2. The molecule has 1 aliphatic heterocycles. The number of ether oxygens (including phenoxy) is 1. The zero-order valence-corrected chi connectivity index (χ0v) is 17.0. The van der Waals surface area contributed by atoms with Gasteiger partial charge in [0.2, 0.25) is 5.91 Å². The van der Waals surface area contributed by atoms with Gasteiger partial charge in [-0.05, 0) is 43.2 Å². The van der Waals surface area contributed by atoms with Gasteiger partial charge in [0.1, 0.15) is 0 Å². The zero-order valence-electron chi connectivity index (χ0n) is 17.0. The van der Waals surface area contributed by atoms with Crippen molar-refractivity contribution in [3.63, 3.8) is 0 Å². The molecule has 2 heterocycles. The van der Waals surface area contributed by atoms with Crippen LogP contribution in [0.15, 0.2) is 73.1 Å². The lowest BCUT2D eigenvalue weighted by Gasteiger charge is -2.13. The Hall–Kier alpha value is -3.71. The molecule has 0 radical (unpaired) electrons. The second kappa shape index (κ2) is 9.86. The highest BCUT2D eigenvalue weighted by atomic mass is 16.5. The van der Waals surface area contributed by atoms with Crippen molar-refractivity contribution in [1.29, 1.82) is 0 Å². The first-order valence-corrected chi connectivity index (χ1v) is 10.3. The van der Waals surface area contributed by atoms with Crippen molar-refractivity contribution < 1.29 is 14.3 Å². The molecule has 1 atom stereocenters. The predicted octanol–water partition coefficient (Wildman–Crippen LogP) is 3.43. The van der Waals surface area contributed by atoms with Gasteiger partial charge >= 0.3 is 0 Å². The van der Waals surface area contributed by atoms with Crippen LogP contribution < -0.4 is 10.6 Å². The summed E-state index contributed by atoms with van der Waals surface area (Å²) in [5.41, 5.74) is 2.61. The van der Waals surface area contributed by atoms with Crippen LogP contribution in [0.1, 0.15) is 28.8 Å². The van der Waals surface area contributed by atoms with E-state index in [-0.39, 0.29) is 17.9 Å². The van der Waals surface area contributed by atoms with E-state index >= 15 is 0 Å². The van der Waals surface area contributed by atoms with Crippen LogP contribution in [0.2, 0.25) is 0 Å². The molecule has 2 amide bonds. The minimum atomic E-state index is -0.327. The topological polar surface area (TPSA) is 85.2 Å². The highest BCUT2D eigenvalue weighted by molar-refractivity contribution is 6.07. The predicted molar refractivity (Wildman–Crippen MR) is 119 cm³/mol. The summed E-state index contributed by atoms with van der Waals surface area (Å²) in [6, 6.07) is 16.7. The molecule has 0 spiro atoms. The van der Waals surface area contributed by atoms with Crippen LogP contribution in [-0.2, 0) is 9.53 Å². The normalized spacial score (nSPS) is 15.8. The van der Waals surface area contributed by atoms with Gasteiger partial charge in [-0.3, -0.25) is 9.59 Å². The molecular formula is C24H24N4O3. The number of nitrogens with one attached hydrogen (secondary N) is 2. The summed E-state index contributed by atoms with van der Waals surface area (Å²) in [5.74, 6) is -0.564. The molecule has 0 aliphatic carbocycles. The number of amides is 2. The molecule has 7 heteroatoms. The van der Waals surface area contributed by atoms with E-state index in [0.717, 1.165) is 30.7 Å². The van der Waals surface area contributed by atoms with Crippen molar-refractivity contribution in [2.24, 2.45) is 0 Å². The molecule has 31 heavy (non-hydrogen) atoms. The Labute approximate surface area is 180 Å². The van der Waals surface area contributed by atoms with Gasteiger partial charge in [-0.25, -0.2) is 4.68 Å². The molecule has 3 aromatic rings. The van der Waals surface area contributed by atoms with Crippen LogP contribution >= 0.6 is 0 Å². The summed E-state index contributed by atoms with van der Waals surface area (Å²) in [7, 11) is 0. The number of carbonyl (C=O) groups is 2. The highest BCUT2D eigenvalue weighted by Crippen LogP contribution is 2.16. The van der Waals surface area contributed by atoms with Crippen LogP contribution in [0, 0.1) is 0 Å². The molecule has 2 N–H and O–H groups in total. The van der Waals surface area contributed by atoms with E-state index in [1.165, 1.54) is 6.08 Å². The lowest BCUT2D eigenvalue weighted by atomic mass is 10.1. The van der Waals surface area contributed by atoms with E-state index in [4.69, 9.17) is 4.74 Å². The number of aromatic nitrogens is 2. The maximum Gasteiger partial charge on any atom is 0.253 e. The standard InChI is InChI=1S/C24H24N4O3/c29-23(13-12-18-15-26-28(17-18)19-7-2-1-3-8-19)27-22-11-5-4-10-21(22)24(30)25-16-20-9-6-14-31-20/h1-5,7-8,10-13,15,17,20H,6,9,14,16H2,(H,25,30)(H,27,29)/b13-12+. The SMILES string of the molecule is O=C(/C=C/c1cnn(-c2ccccc2)c1)Nc1ccccc1C(=O)NCC1CCCO1. The first-order chi connectivity index (χ1) is 15.2. The number of anilines is 1. The first kappa shape index (κ1) is 20.6. The van der Waals surface area contributed by atoms with Crippen molar-refractivity contribution in [2.45, 2.75) is 18.9 Å². The summed E-state index contributed by atoms with van der Waals surface area (Å²) >= 11 is 0. The van der Waals surface area contributed by atoms with Gasteiger partial charge in [0.25, 0.3) is 5.91 Å². The lowest BCUT2D eigenvalue weighted by Crippen LogP contribution is -2.32. The minimum Gasteiger partial charge on any atom is -0.376 e. The summed E-state index contributed by atoms with van der Waals surface area (Å²) in [5, 5.41) is 9.98. The van der Waals surface area contributed by atoms with E-state index in [2.05, 4.69) is 15.7 Å². The van der Waals surface area contributed by atoms with Gasteiger partial charge in [0.05, 0.1) is 29.2 Å². The Morgan fingerprint density at radius 1 is 1.13 bits per heavy atom. The molecular weight excluding hydrogens is 392 g/mol. The monoisotopic (exact) mass is 416 g/mol. The maximum atomic E-state index is 12.6. The fraction of sp³-hybridized carbons (Fsp3) is 0.208. The number of hydrogen-bond acceptors (Lipinski definition) is 4. The summed E-state index contributed by atoms with van der Waals surface area (Å²) < 4.78 is 7.28. The Balaban J connectivity index is 1.37. The molecule has 1 fully saturated rings. The zero-order chi connectivity index (χ0) is 21.5. The average molecular weight is 416 g/mol. The van der Waals surface area contributed by atoms with Crippen LogP contribution in [0.3, 0.4) is 0 Å². The second-order valence-corrected chi connectivity index (χ2v) is 7.27. The number of nitrogens with zero attached hydrogens (tertiary/aromatic N) is 2. The first-order valence-electron chi connectivity index (χ1n) is 10.3. The Bertz CT molecular complexity index is 1070. The van der Waals surface area contributed by atoms with Crippen molar-refractivity contribution in [3.05, 3.63) is 84.2 Å². The van der Waals surface area contributed by atoms with Crippen molar-refractivity contribution in [3.8, 4) is 5.69 Å². The van der Waals surface area contributed by atoms with E-state index in [1.807, 2.05) is 36.5 Å². The van der Waals surface area contributed by atoms with Gasteiger partial charge in [-0.1, -0.05) is 30.3 Å². The third-order valence-corrected chi connectivity index (χ3v) is 4.99. The Kier molecular flexibility index (Phi) is 6.54. The highest BCUT2D eigenvalue weighted by Gasteiger charge is 2.18. The van der Waals surface area contributed by atoms with Gasteiger partial charge in [0, 0.05) is 31.0 Å². The van der Waals surface area contributed by atoms with Crippen molar-refractivity contribution in [1.82, 2.24) is 15.1 Å². The smallest absolute Gasteiger partial charge is 0.253 e. The van der Waals surface area contributed by atoms with E-state index in [1.54, 1.807) is 41.2 Å². The van der Waals surface area contributed by atoms with Gasteiger partial charge in [0.15, 0.2) is 0 Å². The third kappa shape index (κ3) is 5.46. The number of rotatable bonds is 7. The average Bonchev–Trinajstić information content (AvgIpc) is 3.49. The number of para-hydroxylation sites is 2.